The van der Waals surface area contributed by atoms with Crippen LogP contribution in [0.25, 0.3) is 0 Å². The van der Waals surface area contributed by atoms with Gasteiger partial charge in [0.15, 0.2) is 0 Å². The molecule has 0 unspecified atom stereocenters. The molecule has 0 fully saturated rings. The maximum absolute atomic E-state index is 12.9. The highest BCUT2D eigenvalue weighted by atomic mass is 32.2. The summed E-state index contributed by atoms with van der Waals surface area (Å²) in [6.45, 7) is 3.81. The lowest BCUT2D eigenvalue weighted by atomic mass is 9.98. The fourth-order valence-corrected chi connectivity index (χ4v) is 2.62. The molecule has 0 radical (unpaired) electrons. The molecule has 2 rings (SSSR count). The van der Waals surface area contributed by atoms with Gasteiger partial charge in [-0.05, 0) is 23.6 Å². The standard InChI is InChI=1S/C16H20FN3O4S/c1-4-10(2)14(15-19-20-16(24-15)25(3,22)23)18-13(21)9-11-5-7-12(17)8-6-11/h5-8,10,14H,4,9H2,1-3H3,(H,18,21)/t10-,14+/m1/s1. The van der Waals surface area contributed by atoms with Gasteiger partial charge < -0.3 is 9.73 Å². The number of carbonyl (C=O) groups is 1. The minimum Gasteiger partial charge on any atom is -0.410 e. The highest BCUT2D eigenvalue weighted by Gasteiger charge is 2.28. The quantitative estimate of drug-likeness (QED) is 0.801. The summed E-state index contributed by atoms with van der Waals surface area (Å²) in [6, 6.07) is 5.01. The highest BCUT2D eigenvalue weighted by Crippen LogP contribution is 2.24. The van der Waals surface area contributed by atoms with E-state index in [1.54, 1.807) is 0 Å². The van der Waals surface area contributed by atoms with E-state index in [-0.39, 0.29) is 30.0 Å². The second kappa shape index (κ2) is 7.73. The van der Waals surface area contributed by atoms with Crippen molar-refractivity contribution in [3.8, 4) is 0 Å². The van der Waals surface area contributed by atoms with Crippen LogP contribution in [0, 0.1) is 11.7 Å². The Balaban J connectivity index is 2.16. The zero-order chi connectivity index (χ0) is 18.6. The van der Waals surface area contributed by atoms with Crippen LogP contribution in [-0.4, -0.2) is 30.8 Å². The Hall–Kier alpha value is -2.29. The summed E-state index contributed by atoms with van der Waals surface area (Å²) in [5.41, 5.74) is 0.657. The molecule has 1 N–H and O–H groups in total. The number of sulfone groups is 1. The van der Waals surface area contributed by atoms with E-state index < -0.39 is 21.1 Å². The van der Waals surface area contributed by atoms with Crippen molar-refractivity contribution < 1.29 is 22.0 Å². The van der Waals surface area contributed by atoms with Crippen LogP contribution in [0.15, 0.2) is 33.9 Å². The molecule has 1 aromatic carbocycles. The van der Waals surface area contributed by atoms with Gasteiger partial charge in [-0.1, -0.05) is 37.5 Å². The molecule has 1 aromatic heterocycles. The number of carbonyl (C=O) groups excluding carboxylic acids is 1. The van der Waals surface area contributed by atoms with Gasteiger partial charge in [0, 0.05) is 6.26 Å². The first-order valence-electron chi connectivity index (χ1n) is 7.78. The van der Waals surface area contributed by atoms with Crippen LogP contribution in [0.2, 0.25) is 0 Å². The molecule has 136 valence electrons. The van der Waals surface area contributed by atoms with Gasteiger partial charge in [0.05, 0.1) is 6.42 Å². The Kier molecular flexibility index (Phi) is 5.89. The Bertz CT molecular complexity index is 833. The first kappa shape index (κ1) is 19.0. The van der Waals surface area contributed by atoms with Gasteiger partial charge in [-0.3, -0.25) is 4.79 Å². The summed E-state index contributed by atoms with van der Waals surface area (Å²) in [4.78, 5) is 12.3. The summed E-state index contributed by atoms with van der Waals surface area (Å²) in [5, 5.41) is 9.60. The molecule has 2 aromatic rings. The Morgan fingerprint density at radius 1 is 1.28 bits per heavy atom. The largest absolute Gasteiger partial charge is 0.410 e. The van der Waals surface area contributed by atoms with Crippen molar-refractivity contribution in [2.45, 2.75) is 38.0 Å². The topological polar surface area (TPSA) is 102 Å². The number of halogens is 1. The Morgan fingerprint density at radius 2 is 1.92 bits per heavy atom. The molecule has 0 saturated carbocycles. The summed E-state index contributed by atoms with van der Waals surface area (Å²) in [5.74, 6) is -0.691. The van der Waals surface area contributed by atoms with Crippen LogP contribution in [0.3, 0.4) is 0 Å². The third kappa shape index (κ3) is 5.09. The Labute approximate surface area is 145 Å². The molecule has 1 amide bonds. The maximum Gasteiger partial charge on any atom is 0.335 e. The van der Waals surface area contributed by atoms with Crippen LogP contribution in [0.5, 0.6) is 0 Å². The molecule has 25 heavy (non-hydrogen) atoms. The molecular formula is C16H20FN3O4S. The predicted octanol–water partition coefficient (Wildman–Crippen LogP) is 2.06. The number of hydrogen-bond acceptors (Lipinski definition) is 6. The predicted molar refractivity (Wildman–Crippen MR) is 87.9 cm³/mol. The molecule has 0 spiro atoms. The highest BCUT2D eigenvalue weighted by molar-refractivity contribution is 7.90. The number of aromatic nitrogens is 2. The fraction of sp³-hybridized carbons (Fsp3) is 0.438. The van der Waals surface area contributed by atoms with E-state index in [0.717, 1.165) is 6.26 Å². The lowest BCUT2D eigenvalue weighted by molar-refractivity contribution is -0.121. The number of nitrogens with one attached hydrogen (secondary N) is 1. The third-order valence-electron chi connectivity index (χ3n) is 3.81. The zero-order valence-corrected chi connectivity index (χ0v) is 15.0. The van der Waals surface area contributed by atoms with Crippen molar-refractivity contribution in [2.24, 2.45) is 5.92 Å². The molecule has 0 aliphatic carbocycles. The summed E-state index contributed by atoms with van der Waals surface area (Å²) in [7, 11) is -3.62. The first-order valence-corrected chi connectivity index (χ1v) is 9.67. The zero-order valence-electron chi connectivity index (χ0n) is 14.2. The van der Waals surface area contributed by atoms with Crippen LogP contribution >= 0.6 is 0 Å². The van der Waals surface area contributed by atoms with Gasteiger partial charge in [-0.25, -0.2) is 12.8 Å². The Morgan fingerprint density at radius 3 is 2.44 bits per heavy atom. The summed E-state index contributed by atoms with van der Waals surface area (Å²) < 4.78 is 41.1. The fourth-order valence-electron chi connectivity index (χ4n) is 2.19. The van der Waals surface area contributed by atoms with E-state index in [4.69, 9.17) is 4.42 Å². The van der Waals surface area contributed by atoms with E-state index in [1.165, 1.54) is 24.3 Å². The van der Waals surface area contributed by atoms with Gasteiger partial charge in [-0.15, -0.1) is 5.10 Å². The van der Waals surface area contributed by atoms with Crippen molar-refractivity contribution in [2.75, 3.05) is 6.26 Å². The average Bonchev–Trinajstić information content (AvgIpc) is 3.04. The average molecular weight is 369 g/mol. The van der Waals surface area contributed by atoms with Gasteiger partial charge in [0.2, 0.25) is 21.6 Å². The van der Waals surface area contributed by atoms with Gasteiger partial charge >= 0.3 is 5.22 Å². The molecule has 0 aliphatic heterocycles. The van der Waals surface area contributed by atoms with Crippen molar-refractivity contribution in [3.63, 3.8) is 0 Å². The van der Waals surface area contributed by atoms with Crippen LogP contribution < -0.4 is 5.32 Å². The van der Waals surface area contributed by atoms with Gasteiger partial charge in [-0.2, -0.15) is 0 Å². The lowest BCUT2D eigenvalue weighted by Gasteiger charge is -2.21. The van der Waals surface area contributed by atoms with Gasteiger partial charge in [0.25, 0.3) is 0 Å². The van der Waals surface area contributed by atoms with Crippen molar-refractivity contribution in [3.05, 3.63) is 41.5 Å². The van der Waals surface area contributed by atoms with Gasteiger partial charge in [0.1, 0.15) is 11.9 Å². The number of hydrogen-bond donors (Lipinski definition) is 1. The molecule has 0 saturated heterocycles. The summed E-state index contributed by atoms with van der Waals surface area (Å²) in [6.07, 6.45) is 1.73. The second-order valence-corrected chi connectivity index (χ2v) is 7.81. The van der Waals surface area contributed by atoms with Crippen LogP contribution in [-0.2, 0) is 21.1 Å². The van der Waals surface area contributed by atoms with Crippen LogP contribution in [0.1, 0.15) is 37.8 Å². The van der Waals surface area contributed by atoms with Crippen LogP contribution in [0.4, 0.5) is 4.39 Å². The van der Waals surface area contributed by atoms with Crippen molar-refractivity contribution in [1.29, 1.82) is 0 Å². The smallest absolute Gasteiger partial charge is 0.335 e. The number of amides is 1. The maximum atomic E-state index is 12.9. The van der Waals surface area contributed by atoms with Crippen molar-refractivity contribution in [1.82, 2.24) is 15.5 Å². The molecule has 0 bridgehead atoms. The van der Waals surface area contributed by atoms with E-state index in [9.17, 15) is 17.6 Å². The number of benzene rings is 1. The second-order valence-electron chi connectivity index (χ2n) is 5.91. The number of rotatable bonds is 7. The molecular weight excluding hydrogens is 349 g/mol. The monoisotopic (exact) mass is 369 g/mol. The molecule has 9 heteroatoms. The normalized spacial score (nSPS) is 14.1. The minimum atomic E-state index is -3.62. The lowest BCUT2D eigenvalue weighted by Crippen LogP contribution is -2.33. The number of nitrogens with zero attached hydrogens (tertiary/aromatic N) is 2. The van der Waals surface area contributed by atoms with Crippen molar-refractivity contribution >= 4 is 15.7 Å². The molecule has 2 atom stereocenters. The minimum absolute atomic E-state index is 0.0437. The molecule has 0 aliphatic rings. The SMILES string of the molecule is CC[C@@H](C)[C@H](NC(=O)Cc1ccc(F)cc1)c1nnc(S(C)(=O)=O)o1. The third-order valence-corrected chi connectivity index (χ3v) is 4.61. The molecule has 7 nitrogen and oxygen atoms in total. The van der Waals surface area contributed by atoms with E-state index >= 15 is 0 Å². The first-order chi connectivity index (χ1) is 11.7. The summed E-state index contributed by atoms with van der Waals surface area (Å²) >= 11 is 0. The molecule has 1 heterocycles. The van der Waals surface area contributed by atoms with E-state index in [1.807, 2.05) is 13.8 Å². The van der Waals surface area contributed by atoms with E-state index in [2.05, 4.69) is 15.5 Å². The van der Waals surface area contributed by atoms with E-state index in [0.29, 0.717) is 12.0 Å².